The molecule has 21 heavy (non-hydrogen) atoms. The van der Waals surface area contributed by atoms with Crippen LogP contribution in [-0.4, -0.2) is 28.9 Å². The molecule has 1 aromatic heterocycles. The summed E-state index contributed by atoms with van der Waals surface area (Å²) in [6.07, 6.45) is 3.38. The molecule has 0 bridgehead atoms. The molecule has 0 saturated heterocycles. The molecule has 1 aliphatic rings. The zero-order chi connectivity index (χ0) is 14.9. The summed E-state index contributed by atoms with van der Waals surface area (Å²) in [6.45, 7) is 0. The monoisotopic (exact) mass is 322 g/mol. The summed E-state index contributed by atoms with van der Waals surface area (Å²) in [5.74, 6) is -0.294. The molecule has 1 fully saturated rings. The van der Waals surface area contributed by atoms with Crippen molar-refractivity contribution in [2.45, 2.75) is 40.8 Å². The number of benzene rings is 1. The number of nitrogens with zero attached hydrogens (tertiary/aromatic N) is 1. The standard InChI is InChI=1S/C15H18N2O2S2/c1-19-13(18)15(16)8-4-5-10(9-15)20-14-17-11-6-2-3-7-12(11)21-14/h2-3,6-7,10H,4-5,8-9,16H2,1H3. The number of methoxy groups -OCH3 is 1. The number of para-hydroxylation sites is 1. The van der Waals surface area contributed by atoms with Crippen molar-refractivity contribution in [3.05, 3.63) is 24.3 Å². The van der Waals surface area contributed by atoms with Gasteiger partial charge in [0.1, 0.15) is 5.54 Å². The topological polar surface area (TPSA) is 65.2 Å². The number of rotatable bonds is 3. The Bertz CT molecular complexity index is 625. The van der Waals surface area contributed by atoms with Gasteiger partial charge in [0, 0.05) is 5.25 Å². The lowest BCUT2D eigenvalue weighted by Gasteiger charge is -2.34. The molecule has 0 amide bonds. The molecule has 2 unspecified atom stereocenters. The van der Waals surface area contributed by atoms with Crippen molar-refractivity contribution in [3.8, 4) is 0 Å². The highest BCUT2D eigenvalue weighted by atomic mass is 32.2. The van der Waals surface area contributed by atoms with Crippen LogP contribution in [0.2, 0.25) is 0 Å². The summed E-state index contributed by atoms with van der Waals surface area (Å²) in [5.41, 5.74) is 6.43. The molecule has 2 N–H and O–H groups in total. The largest absolute Gasteiger partial charge is 0.468 e. The first kappa shape index (κ1) is 14.8. The van der Waals surface area contributed by atoms with Gasteiger partial charge in [-0.2, -0.15) is 0 Å². The second-order valence-corrected chi connectivity index (χ2v) is 8.01. The molecular formula is C15H18N2O2S2. The minimum atomic E-state index is -0.832. The van der Waals surface area contributed by atoms with Gasteiger partial charge in [-0.05, 0) is 37.8 Å². The Morgan fingerprint density at radius 2 is 2.33 bits per heavy atom. The third-order valence-electron chi connectivity index (χ3n) is 3.87. The number of aromatic nitrogens is 1. The van der Waals surface area contributed by atoms with Gasteiger partial charge in [0.25, 0.3) is 0 Å². The summed E-state index contributed by atoms with van der Waals surface area (Å²) < 4.78 is 7.10. The van der Waals surface area contributed by atoms with Crippen LogP contribution in [-0.2, 0) is 9.53 Å². The first-order valence-corrected chi connectivity index (χ1v) is 8.70. The highest BCUT2D eigenvalue weighted by Gasteiger charge is 2.40. The summed E-state index contributed by atoms with van der Waals surface area (Å²) >= 11 is 3.44. The number of hydrogen-bond acceptors (Lipinski definition) is 6. The maximum atomic E-state index is 11.9. The van der Waals surface area contributed by atoms with Gasteiger partial charge in [-0.25, -0.2) is 4.98 Å². The minimum Gasteiger partial charge on any atom is -0.468 e. The van der Waals surface area contributed by atoms with Crippen LogP contribution in [0.5, 0.6) is 0 Å². The number of ether oxygens (including phenoxy) is 1. The van der Waals surface area contributed by atoms with Gasteiger partial charge < -0.3 is 10.5 Å². The van der Waals surface area contributed by atoms with Crippen molar-refractivity contribution < 1.29 is 9.53 Å². The van der Waals surface area contributed by atoms with E-state index in [2.05, 4.69) is 11.1 Å². The minimum absolute atomic E-state index is 0.294. The van der Waals surface area contributed by atoms with Crippen LogP contribution in [0, 0.1) is 0 Å². The van der Waals surface area contributed by atoms with Gasteiger partial charge in [0.05, 0.1) is 17.3 Å². The fraction of sp³-hybridized carbons (Fsp3) is 0.467. The van der Waals surface area contributed by atoms with E-state index in [0.29, 0.717) is 18.1 Å². The zero-order valence-electron chi connectivity index (χ0n) is 11.9. The van der Waals surface area contributed by atoms with E-state index in [4.69, 9.17) is 10.5 Å². The van der Waals surface area contributed by atoms with Gasteiger partial charge in [-0.15, -0.1) is 11.3 Å². The number of thiazole rings is 1. The van der Waals surface area contributed by atoms with Gasteiger partial charge in [-0.3, -0.25) is 4.79 Å². The highest BCUT2D eigenvalue weighted by molar-refractivity contribution is 8.01. The summed E-state index contributed by atoms with van der Waals surface area (Å²) in [4.78, 5) is 16.5. The van der Waals surface area contributed by atoms with Crippen LogP contribution >= 0.6 is 23.1 Å². The summed E-state index contributed by atoms with van der Waals surface area (Å²) in [7, 11) is 1.40. The zero-order valence-corrected chi connectivity index (χ0v) is 13.5. The summed E-state index contributed by atoms with van der Waals surface area (Å²) in [6, 6.07) is 8.13. The van der Waals surface area contributed by atoms with Crippen LogP contribution in [0.4, 0.5) is 0 Å². The third kappa shape index (κ3) is 3.07. The van der Waals surface area contributed by atoms with E-state index >= 15 is 0 Å². The van der Waals surface area contributed by atoms with Crippen molar-refractivity contribution in [1.29, 1.82) is 0 Å². The Morgan fingerprint density at radius 3 is 3.10 bits per heavy atom. The Kier molecular flexibility index (Phi) is 4.19. The van der Waals surface area contributed by atoms with Crippen molar-refractivity contribution in [3.63, 3.8) is 0 Å². The van der Waals surface area contributed by atoms with Crippen LogP contribution in [0.15, 0.2) is 28.6 Å². The van der Waals surface area contributed by atoms with E-state index in [-0.39, 0.29) is 5.97 Å². The maximum Gasteiger partial charge on any atom is 0.325 e. The lowest BCUT2D eigenvalue weighted by Crippen LogP contribution is -2.52. The lowest BCUT2D eigenvalue weighted by molar-refractivity contribution is -0.148. The molecule has 0 aliphatic heterocycles. The molecule has 1 aromatic carbocycles. The maximum absolute atomic E-state index is 11.9. The molecule has 2 atom stereocenters. The van der Waals surface area contributed by atoms with Crippen molar-refractivity contribution in [2.75, 3.05) is 7.11 Å². The molecule has 1 heterocycles. The predicted molar refractivity (Wildman–Crippen MR) is 86.7 cm³/mol. The van der Waals surface area contributed by atoms with E-state index in [0.717, 1.165) is 22.7 Å². The SMILES string of the molecule is COC(=O)C1(N)CCCC(Sc2nc3ccccc3s2)C1. The quantitative estimate of drug-likeness (QED) is 0.879. The molecule has 1 aliphatic carbocycles. The molecule has 6 heteroatoms. The molecular weight excluding hydrogens is 304 g/mol. The third-order valence-corrected chi connectivity index (χ3v) is 6.27. The number of nitrogens with two attached hydrogens (primary N) is 1. The normalized spacial score (nSPS) is 25.9. The van der Waals surface area contributed by atoms with Crippen molar-refractivity contribution in [1.82, 2.24) is 4.98 Å². The van der Waals surface area contributed by atoms with Crippen molar-refractivity contribution in [2.24, 2.45) is 5.73 Å². The smallest absolute Gasteiger partial charge is 0.325 e. The van der Waals surface area contributed by atoms with E-state index in [1.807, 2.05) is 18.2 Å². The summed E-state index contributed by atoms with van der Waals surface area (Å²) in [5, 5.41) is 0.323. The first-order valence-electron chi connectivity index (χ1n) is 7.00. The molecule has 0 radical (unpaired) electrons. The van der Waals surface area contributed by atoms with E-state index < -0.39 is 5.54 Å². The highest BCUT2D eigenvalue weighted by Crippen LogP contribution is 2.40. The molecule has 4 nitrogen and oxygen atoms in total. The first-order chi connectivity index (χ1) is 10.1. The second-order valence-electron chi connectivity index (χ2n) is 5.43. The molecule has 1 saturated carbocycles. The Labute approximate surface area is 132 Å². The predicted octanol–water partition coefficient (Wildman–Crippen LogP) is 3.20. The molecule has 112 valence electrons. The number of hydrogen-bond donors (Lipinski definition) is 1. The Morgan fingerprint density at radius 1 is 1.52 bits per heavy atom. The van der Waals surface area contributed by atoms with Gasteiger partial charge in [-0.1, -0.05) is 23.9 Å². The molecule has 3 rings (SSSR count). The van der Waals surface area contributed by atoms with Crippen LogP contribution < -0.4 is 5.73 Å². The van der Waals surface area contributed by atoms with Crippen LogP contribution in [0.1, 0.15) is 25.7 Å². The Balaban J connectivity index is 1.73. The van der Waals surface area contributed by atoms with Gasteiger partial charge >= 0.3 is 5.97 Å². The lowest BCUT2D eigenvalue weighted by atomic mass is 9.82. The van der Waals surface area contributed by atoms with Gasteiger partial charge in [0.2, 0.25) is 0 Å². The number of thioether (sulfide) groups is 1. The van der Waals surface area contributed by atoms with E-state index in [1.165, 1.54) is 11.8 Å². The molecule has 2 aromatic rings. The fourth-order valence-corrected chi connectivity index (χ4v) is 5.46. The fourth-order valence-electron chi connectivity index (χ4n) is 2.79. The average Bonchev–Trinajstić information content (AvgIpc) is 2.88. The number of carbonyl (C=O) groups excluding carboxylic acids is 1. The van der Waals surface area contributed by atoms with Crippen LogP contribution in [0.3, 0.4) is 0 Å². The van der Waals surface area contributed by atoms with E-state index in [1.54, 1.807) is 23.1 Å². The number of carbonyl (C=O) groups is 1. The van der Waals surface area contributed by atoms with Gasteiger partial charge in [0.15, 0.2) is 4.34 Å². The second kappa shape index (κ2) is 5.94. The Hall–Kier alpha value is -1.11. The average molecular weight is 322 g/mol. The number of esters is 1. The van der Waals surface area contributed by atoms with Crippen molar-refractivity contribution >= 4 is 39.3 Å². The van der Waals surface area contributed by atoms with Crippen LogP contribution in [0.25, 0.3) is 10.2 Å². The number of fused-ring (bicyclic) bond motifs is 1. The van der Waals surface area contributed by atoms with E-state index in [9.17, 15) is 4.79 Å². The molecule has 0 spiro atoms.